The van der Waals surface area contributed by atoms with Crippen molar-refractivity contribution in [2.24, 2.45) is 0 Å². The second kappa shape index (κ2) is 6.79. The average Bonchev–Trinajstić information content (AvgIpc) is 3.24. The highest BCUT2D eigenvalue weighted by Crippen LogP contribution is 2.38. The van der Waals surface area contributed by atoms with Gasteiger partial charge in [-0.1, -0.05) is 30.8 Å². The van der Waals surface area contributed by atoms with Crippen molar-refractivity contribution >= 4 is 5.91 Å². The highest BCUT2D eigenvalue weighted by molar-refractivity contribution is 5.92. The summed E-state index contributed by atoms with van der Waals surface area (Å²) in [6.45, 7) is 0.469. The summed E-state index contributed by atoms with van der Waals surface area (Å²) in [4.78, 5) is 17.1. The van der Waals surface area contributed by atoms with E-state index in [4.69, 9.17) is 4.52 Å². The molecule has 2 aliphatic rings. The lowest BCUT2D eigenvalue weighted by atomic mass is 10.1. The molecule has 1 N–H and O–H groups in total. The van der Waals surface area contributed by atoms with Gasteiger partial charge in [0, 0.05) is 18.2 Å². The number of nitrogens with zero attached hydrogens (tertiary/aromatic N) is 3. The van der Waals surface area contributed by atoms with E-state index >= 15 is 0 Å². The Hall–Kier alpha value is -2.11. The van der Waals surface area contributed by atoms with Crippen molar-refractivity contribution in [2.75, 3.05) is 0 Å². The molecule has 0 atom stereocenters. The summed E-state index contributed by atoms with van der Waals surface area (Å²) >= 11 is 0. The van der Waals surface area contributed by atoms with Gasteiger partial charge in [0.05, 0.1) is 6.54 Å². The topological polar surface area (TPSA) is 73.0 Å². The highest BCUT2D eigenvalue weighted by atomic mass is 16.5. The molecule has 0 aromatic carbocycles. The molecule has 24 heavy (non-hydrogen) atoms. The van der Waals surface area contributed by atoms with Crippen LogP contribution >= 0.6 is 0 Å². The van der Waals surface area contributed by atoms with Gasteiger partial charge in [0.25, 0.3) is 5.91 Å². The van der Waals surface area contributed by atoms with E-state index in [1.807, 2.05) is 22.9 Å². The van der Waals surface area contributed by atoms with Crippen molar-refractivity contribution in [1.82, 2.24) is 20.0 Å². The molecule has 0 saturated heterocycles. The van der Waals surface area contributed by atoms with Crippen LogP contribution in [0.15, 0.2) is 22.9 Å². The van der Waals surface area contributed by atoms with Crippen molar-refractivity contribution in [3.05, 3.63) is 35.7 Å². The summed E-state index contributed by atoms with van der Waals surface area (Å²) in [5.41, 5.74) is 0.664. The van der Waals surface area contributed by atoms with E-state index in [1.165, 1.54) is 25.7 Å². The smallest absolute Gasteiger partial charge is 0.268 e. The molecule has 4 rings (SSSR count). The number of hydrogen-bond donors (Lipinski definition) is 1. The third-order valence-electron chi connectivity index (χ3n) is 4.97. The van der Waals surface area contributed by atoms with Crippen LogP contribution in [0.5, 0.6) is 0 Å². The Bertz CT molecular complexity index is 693. The maximum atomic E-state index is 12.6. The lowest BCUT2D eigenvalue weighted by molar-refractivity contribution is 0.0924. The van der Waals surface area contributed by atoms with Crippen LogP contribution < -0.4 is 5.32 Å². The average molecular weight is 328 g/mol. The first-order chi connectivity index (χ1) is 11.8. The molecule has 128 valence electrons. The molecule has 2 heterocycles. The van der Waals surface area contributed by atoms with E-state index in [0.29, 0.717) is 30.0 Å². The van der Waals surface area contributed by atoms with Gasteiger partial charge in [-0.05, 0) is 37.8 Å². The van der Waals surface area contributed by atoms with Gasteiger partial charge >= 0.3 is 0 Å². The Labute approximate surface area is 141 Å². The number of hydrogen-bond acceptors (Lipinski definition) is 4. The van der Waals surface area contributed by atoms with Crippen LogP contribution in [-0.2, 0) is 6.54 Å². The van der Waals surface area contributed by atoms with Crippen LogP contribution in [0.25, 0.3) is 0 Å². The zero-order valence-electron chi connectivity index (χ0n) is 13.9. The summed E-state index contributed by atoms with van der Waals surface area (Å²) in [5.74, 6) is 1.82. The van der Waals surface area contributed by atoms with E-state index < -0.39 is 0 Å². The van der Waals surface area contributed by atoms with Gasteiger partial charge in [0.15, 0.2) is 5.82 Å². The van der Waals surface area contributed by atoms with Gasteiger partial charge in [-0.3, -0.25) is 4.79 Å². The molecule has 2 aromatic heterocycles. The zero-order chi connectivity index (χ0) is 16.4. The van der Waals surface area contributed by atoms with E-state index in [-0.39, 0.29) is 5.91 Å². The molecule has 2 fully saturated rings. The molecule has 0 aliphatic heterocycles. The number of carbonyl (C=O) groups excluding carboxylic acids is 1. The molecule has 1 amide bonds. The predicted molar refractivity (Wildman–Crippen MR) is 88.8 cm³/mol. The number of aromatic nitrogens is 3. The minimum absolute atomic E-state index is 0.00203. The molecule has 2 aromatic rings. The lowest BCUT2D eigenvalue weighted by Gasteiger charge is -2.16. The van der Waals surface area contributed by atoms with Crippen LogP contribution in [0.1, 0.15) is 79.5 Å². The molecule has 0 radical (unpaired) electrons. The first kappa shape index (κ1) is 15.4. The molecule has 0 unspecified atom stereocenters. The lowest BCUT2D eigenvalue weighted by Crippen LogP contribution is -2.35. The zero-order valence-corrected chi connectivity index (χ0v) is 13.9. The second-order valence-electron chi connectivity index (χ2n) is 7.01. The molecular weight excluding hydrogens is 304 g/mol. The van der Waals surface area contributed by atoms with Gasteiger partial charge in [-0.15, -0.1) is 0 Å². The number of nitrogens with one attached hydrogen (secondary N) is 1. The van der Waals surface area contributed by atoms with E-state index in [9.17, 15) is 4.79 Å². The van der Waals surface area contributed by atoms with Crippen molar-refractivity contribution in [2.45, 2.75) is 69.9 Å². The Morgan fingerprint density at radius 3 is 2.75 bits per heavy atom. The summed E-state index contributed by atoms with van der Waals surface area (Å²) in [7, 11) is 0. The molecule has 6 heteroatoms. The Balaban J connectivity index is 1.41. The fourth-order valence-electron chi connectivity index (χ4n) is 3.42. The van der Waals surface area contributed by atoms with E-state index in [0.717, 1.165) is 31.6 Å². The first-order valence-electron chi connectivity index (χ1n) is 9.08. The quantitative estimate of drug-likeness (QED) is 0.855. The van der Waals surface area contributed by atoms with Crippen LogP contribution in [0.4, 0.5) is 0 Å². The summed E-state index contributed by atoms with van der Waals surface area (Å²) in [6.07, 6.45) is 11.3. The van der Waals surface area contributed by atoms with Gasteiger partial charge in [0.2, 0.25) is 5.89 Å². The maximum Gasteiger partial charge on any atom is 0.268 e. The Morgan fingerprint density at radius 2 is 2.00 bits per heavy atom. The Morgan fingerprint density at radius 1 is 1.21 bits per heavy atom. The third-order valence-corrected chi connectivity index (χ3v) is 4.97. The molecule has 2 saturated carbocycles. The van der Waals surface area contributed by atoms with Crippen molar-refractivity contribution in [1.29, 1.82) is 0 Å². The van der Waals surface area contributed by atoms with Crippen LogP contribution in [0.3, 0.4) is 0 Å². The standard InChI is InChI=1S/C18H24N4O2/c23-17(19-14-6-3-1-2-4-7-14)15-8-5-11-22(15)12-16-20-18(24-21-16)13-9-10-13/h5,8,11,13-14H,1-4,6-7,9-10,12H2,(H,19,23). The van der Waals surface area contributed by atoms with Crippen LogP contribution in [0, 0.1) is 0 Å². The minimum Gasteiger partial charge on any atom is -0.348 e. The predicted octanol–water partition coefficient (Wildman–Crippen LogP) is 3.25. The molecule has 0 spiro atoms. The van der Waals surface area contributed by atoms with Crippen molar-refractivity contribution in [3.8, 4) is 0 Å². The first-order valence-corrected chi connectivity index (χ1v) is 9.08. The minimum atomic E-state index is -0.00203. The summed E-state index contributed by atoms with van der Waals surface area (Å²) < 4.78 is 7.19. The van der Waals surface area contributed by atoms with E-state index in [2.05, 4.69) is 15.5 Å². The molecule has 2 aliphatic carbocycles. The highest BCUT2D eigenvalue weighted by Gasteiger charge is 2.29. The van der Waals surface area contributed by atoms with Crippen LogP contribution in [-0.4, -0.2) is 26.7 Å². The third kappa shape index (κ3) is 3.52. The molecular formula is C18H24N4O2. The monoisotopic (exact) mass is 328 g/mol. The SMILES string of the molecule is O=C(NC1CCCCCC1)c1cccn1Cc1noc(C2CC2)n1. The van der Waals surface area contributed by atoms with Crippen molar-refractivity contribution in [3.63, 3.8) is 0 Å². The van der Waals surface area contributed by atoms with Crippen LogP contribution in [0.2, 0.25) is 0 Å². The second-order valence-corrected chi connectivity index (χ2v) is 7.01. The Kier molecular flexibility index (Phi) is 4.36. The number of rotatable bonds is 5. The van der Waals surface area contributed by atoms with Gasteiger partial charge in [-0.25, -0.2) is 0 Å². The molecule has 6 nitrogen and oxygen atoms in total. The van der Waals surface area contributed by atoms with Gasteiger partial charge < -0.3 is 14.4 Å². The maximum absolute atomic E-state index is 12.6. The van der Waals surface area contributed by atoms with Gasteiger partial charge in [-0.2, -0.15) is 4.98 Å². The fourth-order valence-corrected chi connectivity index (χ4v) is 3.42. The summed E-state index contributed by atoms with van der Waals surface area (Å²) in [6, 6.07) is 4.05. The van der Waals surface area contributed by atoms with Crippen molar-refractivity contribution < 1.29 is 9.32 Å². The number of carbonyl (C=O) groups is 1. The molecule has 0 bridgehead atoms. The van der Waals surface area contributed by atoms with E-state index in [1.54, 1.807) is 0 Å². The normalized spacial score (nSPS) is 19.2. The van der Waals surface area contributed by atoms with Gasteiger partial charge in [0.1, 0.15) is 5.69 Å². The largest absolute Gasteiger partial charge is 0.348 e. The fraction of sp³-hybridized carbons (Fsp3) is 0.611. The number of amides is 1. The summed E-state index contributed by atoms with van der Waals surface area (Å²) in [5, 5.41) is 7.24.